The summed E-state index contributed by atoms with van der Waals surface area (Å²) in [6.07, 6.45) is 14.4. The van der Waals surface area contributed by atoms with Crippen LogP contribution in [0, 0.1) is 18.3 Å². The molecule has 0 aromatic heterocycles. The maximum absolute atomic E-state index is 5.74. The summed E-state index contributed by atoms with van der Waals surface area (Å²) in [4.78, 5) is 0. The van der Waals surface area contributed by atoms with E-state index in [0.717, 1.165) is 19.4 Å². The van der Waals surface area contributed by atoms with Crippen LogP contribution in [0.25, 0.3) is 0 Å². The van der Waals surface area contributed by atoms with Crippen molar-refractivity contribution in [3.63, 3.8) is 0 Å². The van der Waals surface area contributed by atoms with Crippen LogP contribution in [0.3, 0.4) is 0 Å². The van der Waals surface area contributed by atoms with Gasteiger partial charge in [-0.3, -0.25) is 0 Å². The first kappa shape index (κ1) is 14.5. The minimum atomic E-state index is 0.290. The summed E-state index contributed by atoms with van der Waals surface area (Å²) in [7, 11) is 1.83. The molecule has 0 radical (unpaired) electrons. The molecule has 2 atom stereocenters. The SMILES string of the molecule is C#CCC(NCCC)C(OC)C1CCCCC1. The van der Waals surface area contributed by atoms with Crippen LogP contribution in [0.15, 0.2) is 0 Å². The highest BCUT2D eigenvalue weighted by atomic mass is 16.5. The summed E-state index contributed by atoms with van der Waals surface area (Å²) in [5.41, 5.74) is 0. The summed E-state index contributed by atoms with van der Waals surface area (Å²) < 4.78 is 5.74. The van der Waals surface area contributed by atoms with Gasteiger partial charge in [-0.05, 0) is 31.7 Å². The van der Waals surface area contributed by atoms with Crippen LogP contribution in [0.2, 0.25) is 0 Å². The Bertz CT molecular complexity index is 228. The summed E-state index contributed by atoms with van der Waals surface area (Å²) in [6.45, 7) is 3.21. The normalized spacial score (nSPS) is 20.8. The summed E-state index contributed by atoms with van der Waals surface area (Å²) in [5.74, 6) is 3.48. The molecule has 1 N–H and O–H groups in total. The third kappa shape index (κ3) is 4.69. The quantitative estimate of drug-likeness (QED) is 0.687. The van der Waals surface area contributed by atoms with Crippen LogP contribution in [-0.4, -0.2) is 25.8 Å². The monoisotopic (exact) mass is 237 g/mol. The predicted octanol–water partition coefficient (Wildman–Crippen LogP) is 2.97. The van der Waals surface area contributed by atoms with Gasteiger partial charge in [0.05, 0.1) is 6.10 Å². The van der Waals surface area contributed by atoms with Crippen molar-refractivity contribution in [3.8, 4) is 12.3 Å². The molecule has 0 aromatic carbocycles. The van der Waals surface area contributed by atoms with Crippen molar-refractivity contribution >= 4 is 0 Å². The minimum absolute atomic E-state index is 0.290. The van der Waals surface area contributed by atoms with Crippen LogP contribution >= 0.6 is 0 Å². The highest BCUT2D eigenvalue weighted by Gasteiger charge is 2.29. The topological polar surface area (TPSA) is 21.3 Å². The Morgan fingerprint density at radius 3 is 2.59 bits per heavy atom. The highest BCUT2D eigenvalue weighted by Crippen LogP contribution is 2.29. The van der Waals surface area contributed by atoms with Crippen molar-refractivity contribution in [2.24, 2.45) is 5.92 Å². The fourth-order valence-electron chi connectivity index (χ4n) is 2.91. The Labute approximate surface area is 107 Å². The summed E-state index contributed by atoms with van der Waals surface area (Å²) in [5, 5.41) is 3.55. The molecule has 0 aromatic rings. The first-order valence-electron chi connectivity index (χ1n) is 7.03. The van der Waals surface area contributed by atoms with E-state index in [1.54, 1.807) is 0 Å². The standard InChI is InChI=1S/C15H27NO/c1-4-9-14(16-12-5-2)15(17-3)13-10-7-6-8-11-13/h1,13-16H,5-12H2,2-3H3. The van der Waals surface area contributed by atoms with Crippen LogP contribution in [0.5, 0.6) is 0 Å². The molecular weight excluding hydrogens is 210 g/mol. The van der Waals surface area contributed by atoms with Gasteiger partial charge in [0.1, 0.15) is 0 Å². The predicted molar refractivity (Wildman–Crippen MR) is 72.9 cm³/mol. The minimum Gasteiger partial charge on any atom is -0.380 e. The molecule has 0 bridgehead atoms. The van der Waals surface area contributed by atoms with Gasteiger partial charge in [0.25, 0.3) is 0 Å². The van der Waals surface area contributed by atoms with E-state index < -0.39 is 0 Å². The van der Waals surface area contributed by atoms with Gasteiger partial charge >= 0.3 is 0 Å². The second-order valence-corrected chi connectivity index (χ2v) is 5.07. The van der Waals surface area contributed by atoms with E-state index in [1.807, 2.05) is 7.11 Å². The number of terminal acetylenes is 1. The van der Waals surface area contributed by atoms with E-state index in [-0.39, 0.29) is 6.10 Å². The molecule has 2 nitrogen and oxygen atoms in total. The van der Waals surface area contributed by atoms with Crippen LogP contribution in [0.1, 0.15) is 51.9 Å². The fourth-order valence-corrected chi connectivity index (χ4v) is 2.91. The largest absolute Gasteiger partial charge is 0.380 e. The van der Waals surface area contributed by atoms with Crippen molar-refractivity contribution in [2.45, 2.75) is 64.0 Å². The lowest BCUT2D eigenvalue weighted by atomic mass is 9.82. The summed E-state index contributed by atoms with van der Waals surface area (Å²) in [6, 6.07) is 0.327. The molecular formula is C15H27NO. The number of ether oxygens (including phenoxy) is 1. The van der Waals surface area contributed by atoms with E-state index in [1.165, 1.54) is 32.1 Å². The molecule has 1 rings (SSSR count). The van der Waals surface area contributed by atoms with E-state index in [4.69, 9.17) is 11.2 Å². The number of methoxy groups -OCH3 is 1. The van der Waals surface area contributed by atoms with E-state index in [2.05, 4.69) is 18.2 Å². The second kappa shape index (κ2) is 8.55. The molecule has 1 aliphatic rings. The zero-order valence-corrected chi connectivity index (χ0v) is 11.4. The Hall–Kier alpha value is -0.520. The fraction of sp³-hybridized carbons (Fsp3) is 0.867. The lowest BCUT2D eigenvalue weighted by Crippen LogP contribution is -2.45. The van der Waals surface area contributed by atoms with Crippen LogP contribution < -0.4 is 5.32 Å². The van der Waals surface area contributed by atoms with E-state index >= 15 is 0 Å². The Morgan fingerprint density at radius 2 is 2.06 bits per heavy atom. The third-order valence-electron chi connectivity index (χ3n) is 3.78. The lowest BCUT2D eigenvalue weighted by Gasteiger charge is -2.34. The smallest absolute Gasteiger partial charge is 0.0761 e. The number of hydrogen-bond acceptors (Lipinski definition) is 2. The van der Waals surface area contributed by atoms with Crippen molar-refractivity contribution in [1.29, 1.82) is 0 Å². The van der Waals surface area contributed by atoms with Gasteiger partial charge in [0.15, 0.2) is 0 Å². The van der Waals surface area contributed by atoms with Crippen LogP contribution in [0.4, 0.5) is 0 Å². The Balaban J connectivity index is 2.55. The van der Waals surface area contributed by atoms with Crippen LogP contribution in [-0.2, 0) is 4.74 Å². The van der Waals surface area contributed by atoms with Gasteiger partial charge in [-0.1, -0.05) is 26.2 Å². The molecule has 17 heavy (non-hydrogen) atoms. The average Bonchev–Trinajstić information content (AvgIpc) is 2.38. The molecule has 1 fully saturated rings. The average molecular weight is 237 g/mol. The first-order valence-corrected chi connectivity index (χ1v) is 7.03. The molecule has 98 valence electrons. The molecule has 1 aliphatic carbocycles. The molecule has 0 saturated heterocycles. The van der Waals surface area contributed by atoms with Crippen molar-refractivity contribution < 1.29 is 4.74 Å². The van der Waals surface area contributed by atoms with E-state index in [9.17, 15) is 0 Å². The summed E-state index contributed by atoms with van der Waals surface area (Å²) >= 11 is 0. The number of rotatable bonds is 7. The maximum atomic E-state index is 5.74. The van der Waals surface area contributed by atoms with Gasteiger partial charge in [-0.2, -0.15) is 0 Å². The molecule has 0 spiro atoms. The van der Waals surface area contributed by atoms with Gasteiger partial charge < -0.3 is 10.1 Å². The zero-order chi connectivity index (χ0) is 12.5. The van der Waals surface area contributed by atoms with Gasteiger partial charge in [-0.25, -0.2) is 0 Å². The van der Waals surface area contributed by atoms with Crippen molar-refractivity contribution in [2.75, 3.05) is 13.7 Å². The van der Waals surface area contributed by atoms with Gasteiger partial charge in [0, 0.05) is 19.6 Å². The molecule has 0 amide bonds. The van der Waals surface area contributed by atoms with Crippen molar-refractivity contribution in [1.82, 2.24) is 5.32 Å². The number of nitrogens with one attached hydrogen (secondary N) is 1. The third-order valence-corrected chi connectivity index (χ3v) is 3.78. The molecule has 2 heteroatoms. The zero-order valence-electron chi connectivity index (χ0n) is 11.4. The Morgan fingerprint density at radius 1 is 1.35 bits per heavy atom. The first-order chi connectivity index (χ1) is 8.33. The second-order valence-electron chi connectivity index (χ2n) is 5.07. The maximum Gasteiger partial charge on any atom is 0.0761 e. The van der Waals surface area contributed by atoms with Gasteiger partial charge in [0.2, 0.25) is 0 Å². The molecule has 1 saturated carbocycles. The highest BCUT2D eigenvalue weighted by molar-refractivity contribution is 4.95. The lowest BCUT2D eigenvalue weighted by molar-refractivity contribution is 0.00951. The van der Waals surface area contributed by atoms with Gasteiger partial charge in [-0.15, -0.1) is 12.3 Å². The number of hydrogen-bond donors (Lipinski definition) is 1. The van der Waals surface area contributed by atoms with E-state index in [0.29, 0.717) is 12.0 Å². The Kier molecular flexibility index (Phi) is 7.32. The molecule has 0 heterocycles. The molecule has 2 unspecified atom stereocenters. The molecule has 0 aliphatic heterocycles. The van der Waals surface area contributed by atoms with Crippen molar-refractivity contribution in [3.05, 3.63) is 0 Å².